The largest absolute Gasteiger partial charge is 0.359 e. The summed E-state index contributed by atoms with van der Waals surface area (Å²) < 4.78 is 4.26. The summed E-state index contributed by atoms with van der Waals surface area (Å²) in [7, 11) is 0. The zero-order chi connectivity index (χ0) is 7.84. The van der Waals surface area contributed by atoms with E-state index >= 15 is 0 Å². The van der Waals surface area contributed by atoms with Gasteiger partial charge in [0.05, 0.1) is 10.2 Å². The summed E-state index contributed by atoms with van der Waals surface area (Å²) in [4.78, 5) is 3.98. The van der Waals surface area contributed by atoms with E-state index in [1.165, 1.54) is 12.3 Å². The van der Waals surface area contributed by atoms with Crippen LogP contribution in [0.15, 0.2) is 16.9 Å². The molecule has 0 aromatic carbocycles. The van der Waals surface area contributed by atoms with E-state index in [1.54, 1.807) is 0 Å². The summed E-state index contributed by atoms with van der Waals surface area (Å²) in [6.45, 7) is 0. The summed E-state index contributed by atoms with van der Waals surface area (Å²) in [5, 5.41) is 14.4. The Hall–Kier alpha value is -1.36. The molecule has 2 rings (SSSR count). The summed E-state index contributed by atoms with van der Waals surface area (Å²) in [5.74, 6) is 0. The number of hydrogen-bond acceptors (Lipinski definition) is 4. The lowest BCUT2D eigenvalue weighted by atomic mass is 10.4. The fraction of sp³-hybridized carbons (Fsp3) is 0. The van der Waals surface area contributed by atoms with Crippen molar-refractivity contribution in [2.75, 3.05) is 0 Å². The second kappa shape index (κ2) is 2.06. The van der Waals surface area contributed by atoms with Gasteiger partial charge in [0, 0.05) is 6.20 Å². The quantitative estimate of drug-likeness (QED) is 0.542. The van der Waals surface area contributed by atoms with Crippen LogP contribution in [-0.4, -0.2) is 10.1 Å². The average Bonchev–Trinajstić information content (AvgIpc) is 2.34. The van der Waals surface area contributed by atoms with Crippen molar-refractivity contribution < 1.29 is 9.53 Å². The first-order valence-corrected chi connectivity index (χ1v) is 3.17. The number of halogens is 1. The van der Waals surface area contributed by atoms with E-state index in [-0.39, 0.29) is 21.1 Å². The van der Waals surface area contributed by atoms with Crippen LogP contribution in [0.25, 0.3) is 11.2 Å². The van der Waals surface area contributed by atoms with E-state index in [0.717, 1.165) is 0 Å². The minimum absolute atomic E-state index is 0.161. The predicted molar refractivity (Wildman–Crippen MR) is 35.8 cm³/mol. The number of rotatable bonds is 0. The number of aromatic nitrogens is 3. The van der Waals surface area contributed by atoms with Crippen LogP contribution in [0.5, 0.6) is 0 Å². The SMILES string of the molecule is [O-][n+]1onc2nccc(Cl)c21. The van der Waals surface area contributed by atoms with Crippen molar-refractivity contribution in [1.82, 2.24) is 10.1 Å². The Bertz CT molecular complexity index is 400. The molecule has 0 N–H and O–H groups in total. The molecule has 0 saturated carbocycles. The van der Waals surface area contributed by atoms with E-state index in [2.05, 4.69) is 14.8 Å². The van der Waals surface area contributed by atoms with Crippen LogP contribution < -0.4 is 4.90 Å². The van der Waals surface area contributed by atoms with Gasteiger partial charge in [0.1, 0.15) is 0 Å². The van der Waals surface area contributed by atoms with Crippen LogP contribution in [0.1, 0.15) is 0 Å². The van der Waals surface area contributed by atoms with Gasteiger partial charge in [0.15, 0.2) is 0 Å². The van der Waals surface area contributed by atoms with Crippen molar-refractivity contribution in [1.29, 1.82) is 0 Å². The van der Waals surface area contributed by atoms with Gasteiger partial charge < -0.3 is 5.21 Å². The standard InChI is InChI=1S/C5H2ClN3O2/c6-3-1-2-7-5-4(3)9(10)11-8-5/h1-2H. The molecule has 0 saturated heterocycles. The Labute approximate surface area is 65.7 Å². The number of hydrogen-bond donors (Lipinski definition) is 0. The molecule has 0 atom stereocenters. The lowest BCUT2D eigenvalue weighted by molar-refractivity contribution is -0.782. The molecule has 0 unspecified atom stereocenters. The highest BCUT2D eigenvalue weighted by Gasteiger charge is 2.13. The first-order chi connectivity index (χ1) is 5.29. The van der Waals surface area contributed by atoms with E-state index in [9.17, 15) is 5.21 Å². The lowest BCUT2D eigenvalue weighted by Gasteiger charge is -1.86. The van der Waals surface area contributed by atoms with Crippen molar-refractivity contribution in [3.05, 3.63) is 22.5 Å². The molecule has 0 fully saturated rings. The summed E-state index contributed by atoms with van der Waals surface area (Å²) >= 11 is 5.64. The van der Waals surface area contributed by atoms with E-state index in [0.29, 0.717) is 0 Å². The minimum Gasteiger partial charge on any atom is -0.359 e. The van der Waals surface area contributed by atoms with Gasteiger partial charge in [-0.2, -0.15) is 0 Å². The molecule has 2 heterocycles. The molecule has 0 aliphatic rings. The zero-order valence-corrected chi connectivity index (χ0v) is 5.95. The Kier molecular flexibility index (Phi) is 1.19. The summed E-state index contributed by atoms with van der Waals surface area (Å²) in [6.07, 6.45) is 1.45. The van der Waals surface area contributed by atoms with Crippen LogP contribution in [0, 0.1) is 5.21 Å². The Morgan fingerprint density at radius 3 is 3.18 bits per heavy atom. The molecule has 0 amide bonds. The molecule has 0 spiro atoms. The number of pyridine rings is 1. The summed E-state index contributed by atoms with van der Waals surface area (Å²) in [6, 6.07) is 1.50. The number of nitrogens with zero attached hydrogens (tertiary/aromatic N) is 3. The molecule has 11 heavy (non-hydrogen) atoms. The van der Waals surface area contributed by atoms with Crippen LogP contribution in [-0.2, 0) is 0 Å². The molecule has 5 nitrogen and oxygen atoms in total. The van der Waals surface area contributed by atoms with Gasteiger partial charge in [-0.15, -0.1) is 0 Å². The lowest BCUT2D eigenvalue weighted by Crippen LogP contribution is -2.22. The predicted octanol–water partition coefficient (Wildman–Crippen LogP) is 0.510. The summed E-state index contributed by atoms with van der Waals surface area (Å²) in [5.41, 5.74) is 0.377. The fourth-order valence-electron chi connectivity index (χ4n) is 0.772. The molecule has 0 aliphatic carbocycles. The van der Waals surface area contributed by atoms with E-state index in [4.69, 9.17) is 11.6 Å². The molecule has 0 aliphatic heterocycles. The van der Waals surface area contributed by atoms with E-state index in [1.807, 2.05) is 0 Å². The van der Waals surface area contributed by atoms with Crippen LogP contribution in [0.4, 0.5) is 0 Å². The first-order valence-electron chi connectivity index (χ1n) is 2.79. The number of fused-ring (bicyclic) bond motifs is 1. The Morgan fingerprint density at radius 2 is 2.45 bits per heavy atom. The van der Waals surface area contributed by atoms with Gasteiger partial charge in [0.25, 0.3) is 5.52 Å². The second-order valence-electron chi connectivity index (χ2n) is 1.90. The zero-order valence-electron chi connectivity index (χ0n) is 5.19. The van der Waals surface area contributed by atoms with Crippen LogP contribution in [0.3, 0.4) is 0 Å². The monoisotopic (exact) mass is 171 g/mol. The smallest absolute Gasteiger partial charge is 0.342 e. The molecular formula is C5H2ClN3O2. The molecule has 0 radical (unpaired) electrons. The van der Waals surface area contributed by atoms with Gasteiger partial charge in [0.2, 0.25) is 0 Å². The maximum absolute atomic E-state index is 10.8. The van der Waals surface area contributed by atoms with Gasteiger partial charge in [-0.3, -0.25) is 4.63 Å². The normalized spacial score (nSPS) is 10.6. The van der Waals surface area contributed by atoms with Crippen molar-refractivity contribution in [3.63, 3.8) is 0 Å². The first kappa shape index (κ1) is 6.36. The maximum atomic E-state index is 10.8. The second-order valence-corrected chi connectivity index (χ2v) is 2.30. The highest BCUT2D eigenvalue weighted by Crippen LogP contribution is 2.15. The van der Waals surface area contributed by atoms with Crippen molar-refractivity contribution in [3.8, 4) is 0 Å². The van der Waals surface area contributed by atoms with Crippen molar-refractivity contribution >= 4 is 22.8 Å². The van der Waals surface area contributed by atoms with Gasteiger partial charge in [-0.05, 0) is 11.0 Å². The third-order valence-electron chi connectivity index (χ3n) is 1.24. The topological polar surface area (TPSA) is 65.9 Å². The minimum atomic E-state index is 0.161. The molecule has 0 bridgehead atoms. The molecule has 56 valence electrons. The van der Waals surface area contributed by atoms with E-state index < -0.39 is 0 Å². The van der Waals surface area contributed by atoms with Crippen LogP contribution in [0.2, 0.25) is 5.02 Å². The third-order valence-corrected chi connectivity index (χ3v) is 1.54. The van der Waals surface area contributed by atoms with Gasteiger partial charge >= 0.3 is 5.65 Å². The fourth-order valence-corrected chi connectivity index (χ4v) is 0.982. The molecular weight excluding hydrogens is 170 g/mol. The maximum Gasteiger partial charge on any atom is 0.342 e. The van der Waals surface area contributed by atoms with Crippen molar-refractivity contribution in [2.24, 2.45) is 0 Å². The highest BCUT2D eigenvalue weighted by molar-refractivity contribution is 6.34. The van der Waals surface area contributed by atoms with Crippen molar-refractivity contribution in [2.45, 2.75) is 0 Å². The van der Waals surface area contributed by atoms with Gasteiger partial charge in [-0.25, -0.2) is 4.98 Å². The van der Waals surface area contributed by atoms with Crippen LogP contribution >= 0.6 is 11.6 Å². The molecule has 6 heteroatoms. The molecule has 2 aromatic heterocycles. The highest BCUT2D eigenvalue weighted by atomic mass is 35.5. The molecule has 2 aromatic rings. The Morgan fingerprint density at radius 1 is 1.64 bits per heavy atom. The third kappa shape index (κ3) is 0.813. The van der Waals surface area contributed by atoms with Gasteiger partial charge in [-0.1, -0.05) is 11.6 Å². The Balaban J connectivity index is 2.96. The average molecular weight is 172 g/mol.